The predicted molar refractivity (Wildman–Crippen MR) is 89.7 cm³/mol. The van der Waals surface area contributed by atoms with Gasteiger partial charge in [0.15, 0.2) is 5.75 Å². The van der Waals surface area contributed by atoms with Crippen molar-refractivity contribution in [1.29, 1.82) is 0 Å². The SMILES string of the molecule is Cc1ccc2c(Cl)cc(Cl)c(OCCNCC(C)C)c2n1. The Morgan fingerprint density at radius 2 is 2.00 bits per heavy atom. The summed E-state index contributed by atoms with van der Waals surface area (Å²) in [5.74, 6) is 1.22. The highest BCUT2D eigenvalue weighted by atomic mass is 35.5. The number of ether oxygens (including phenoxy) is 1. The molecule has 3 nitrogen and oxygen atoms in total. The molecule has 0 saturated heterocycles. The van der Waals surface area contributed by atoms with E-state index in [0.717, 1.165) is 29.7 Å². The third-order valence-corrected chi connectivity index (χ3v) is 3.65. The summed E-state index contributed by atoms with van der Waals surface area (Å²) in [7, 11) is 0. The molecular formula is C16H20Cl2N2O. The molecule has 0 saturated carbocycles. The lowest BCUT2D eigenvalue weighted by Crippen LogP contribution is -2.25. The highest BCUT2D eigenvalue weighted by Gasteiger charge is 2.13. The molecule has 21 heavy (non-hydrogen) atoms. The van der Waals surface area contributed by atoms with E-state index in [-0.39, 0.29) is 0 Å². The summed E-state index contributed by atoms with van der Waals surface area (Å²) in [4.78, 5) is 4.51. The van der Waals surface area contributed by atoms with Crippen molar-refractivity contribution in [2.75, 3.05) is 19.7 Å². The van der Waals surface area contributed by atoms with E-state index in [9.17, 15) is 0 Å². The van der Waals surface area contributed by atoms with Gasteiger partial charge in [-0.15, -0.1) is 0 Å². The lowest BCUT2D eigenvalue weighted by molar-refractivity contribution is 0.314. The molecule has 1 heterocycles. The van der Waals surface area contributed by atoms with Crippen LogP contribution in [0.2, 0.25) is 10.0 Å². The van der Waals surface area contributed by atoms with E-state index in [1.807, 2.05) is 19.1 Å². The molecule has 0 radical (unpaired) electrons. The number of nitrogens with one attached hydrogen (secondary N) is 1. The van der Waals surface area contributed by atoms with E-state index in [0.29, 0.717) is 28.3 Å². The van der Waals surface area contributed by atoms with Crippen molar-refractivity contribution in [2.45, 2.75) is 20.8 Å². The van der Waals surface area contributed by atoms with Crippen LogP contribution in [0.15, 0.2) is 18.2 Å². The molecule has 0 aliphatic heterocycles. The Kier molecular flexibility index (Phi) is 5.68. The molecule has 1 N–H and O–H groups in total. The number of halogens is 2. The minimum absolute atomic E-state index is 0.495. The first kappa shape index (κ1) is 16.3. The Hall–Kier alpha value is -1.03. The van der Waals surface area contributed by atoms with Gasteiger partial charge in [-0.1, -0.05) is 37.0 Å². The average molecular weight is 327 g/mol. The van der Waals surface area contributed by atoms with Crippen LogP contribution in [-0.4, -0.2) is 24.7 Å². The van der Waals surface area contributed by atoms with Gasteiger partial charge in [0.2, 0.25) is 0 Å². The molecule has 0 amide bonds. The van der Waals surface area contributed by atoms with Gasteiger partial charge in [-0.05, 0) is 37.6 Å². The topological polar surface area (TPSA) is 34.1 Å². The minimum Gasteiger partial charge on any atom is -0.488 e. The lowest BCUT2D eigenvalue weighted by atomic mass is 10.2. The molecule has 1 aromatic carbocycles. The fourth-order valence-corrected chi connectivity index (χ4v) is 2.61. The van der Waals surface area contributed by atoms with Crippen LogP contribution in [0.1, 0.15) is 19.5 Å². The zero-order valence-corrected chi connectivity index (χ0v) is 14.1. The minimum atomic E-state index is 0.495. The van der Waals surface area contributed by atoms with Crippen LogP contribution < -0.4 is 10.1 Å². The molecule has 5 heteroatoms. The fraction of sp³-hybridized carbons (Fsp3) is 0.438. The summed E-state index contributed by atoms with van der Waals surface area (Å²) in [5.41, 5.74) is 1.62. The van der Waals surface area contributed by atoms with Crippen LogP contribution >= 0.6 is 23.2 Å². The molecule has 0 aliphatic rings. The maximum absolute atomic E-state index is 6.25. The summed E-state index contributed by atoms with van der Waals surface area (Å²) >= 11 is 12.5. The van der Waals surface area contributed by atoms with Crippen molar-refractivity contribution >= 4 is 34.1 Å². The molecule has 0 aliphatic carbocycles. The second-order valence-corrected chi connectivity index (χ2v) is 6.28. The Morgan fingerprint density at radius 3 is 2.71 bits per heavy atom. The number of pyridine rings is 1. The second kappa shape index (κ2) is 7.30. The number of aryl methyl sites for hydroxylation is 1. The number of hydrogen-bond acceptors (Lipinski definition) is 3. The number of benzene rings is 1. The third-order valence-electron chi connectivity index (χ3n) is 3.06. The van der Waals surface area contributed by atoms with Crippen LogP contribution in [0, 0.1) is 12.8 Å². The zero-order valence-electron chi connectivity index (χ0n) is 12.5. The molecule has 0 unspecified atom stereocenters. The monoisotopic (exact) mass is 326 g/mol. The van der Waals surface area contributed by atoms with E-state index >= 15 is 0 Å². The predicted octanol–water partition coefficient (Wildman–Crippen LogP) is 4.47. The van der Waals surface area contributed by atoms with Crippen molar-refractivity contribution in [3.05, 3.63) is 33.9 Å². The van der Waals surface area contributed by atoms with Gasteiger partial charge in [-0.3, -0.25) is 0 Å². The molecule has 114 valence electrons. The van der Waals surface area contributed by atoms with Crippen molar-refractivity contribution < 1.29 is 4.74 Å². The number of rotatable bonds is 6. The molecule has 0 atom stereocenters. The summed E-state index contributed by atoms with van der Waals surface area (Å²) in [6.07, 6.45) is 0. The Morgan fingerprint density at radius 1 is 1.24 bits per heavy atom. The Balaban J connectivity index is 2.17. The van der Waals surface area contributed by atoms with Gasteiger partial charge in [0, 0.05) is 17.6 Å². The van der Waals surface area contributed by atoms with Crippen molar-refractivity contribution in [2.24, 2.45) is 5.92 Å². The highest BCUT2D eigenvalue weighted by Crippen LogP contribution is 2.37. The van der Waals surface area contributed by atoms with Crippen LogP contribution in [0.3, 0.4) is 0 Å². The van der Waals surface area contributed by atoms with Gasteiger partial charge in [0.25, 0.3) is 0 Å². The summed E-state index contributed by atoms with van der Waals surface area (Å²) in [5, 5.41) is 5.27. The van der Waals surface area contributed by atoms with E-state index in [1.54, 1.807) is 6.07 Å². The van der Waals surface area contributed by atoms with Crippen LogP contribution in [-0.2, 0) is 0 Å². The third kappa shape index (κ3) is 4.22. The summed E-state index contributed by atoms with van der Waals surface area (Å²) in [6.45, 7) is 8.55. The number of hydrogen-bond donors (Lipinski definition) is 1. The first-order valence-electron chi connectivity index (χ1n) is 7.08. The zero-order chi connectivity index (χ0) is 15.4. The highest BCUT2D eigenvalue weighted by molar-refractivity contribution is 6.39. The maximum atomic E-state index is 6.25. The smallest absolute Gasteiger partial charge is 0.164 e. The fourth-order valence-electron chi connectivity index (χ4n) is 2.04. The first-order valence-corrected chi connectivity index (χ1v) is 7.83. The quantitative estimate of drug-likeness (QED) is 0.795. The molecule has 0 spiro atoms. The number of nitrogens with zero attached hydrogens (tertiary/aromatic N) is 1. The van der Waals surface area contributed by atoms with Crippen molar-refractivity contribution in [3.63, 3.8) is 0 Å². The molecular weight excluding hydrogens is 307 g/mol. The standard InChI is InChI=1S/C16H20Cl2N2O/c1-10(2)9-19-6-7-21-16-14(18)8-13(17)12-5-4-11(3)20-15(12)16/h4-5,8,10,19H,6-7,9H2,1-3H3. The Labute approximate surface area is 135 Å². The lowest BCUT2D eigenvalue weighted by Gasteiger charge is -2.13. The van der Waals surface area contributed by atoms with Gasteiger partial charge in [-0.2, -0.15) is 0 Å². The average Bonchev–Trinajstić information content (AvgIpc) is 2.41. The normalized spacial score (nSPS) is 11.3. The van der Waals surface area contributed by atoms with E-state index in [4.69, 9.17) is 27.9 Å². The van der Waals surface area contributed by atoms with Gasteiger partial charge >= 0.3 is 0 Å². The first-order chi connectivity index (χ1) is 9.99. The molecule has 1 aromatic heterocycles. The van der Waals surface area contributed by atoms with Gasteiger partial charge in [-0.25, -0.2) is 4.98 Å². The van der Waals surface area contributed by atoms with Crippen molar-refractivity contribution in [1.82, 2.24) is 10.3 Å². The van der Waals surface area contributed by atoms with E-state index in [2.05, 4.69) is 24.1 Å². The number of fused-ring (bicyclic) bond motifs is 1. The molecule has 2 aromatic rings. The summed E-state index contributed by atoms with van der Waals surface area (Å²) in [6, 6.07) is 5.58. The van der Waals surface area contributed by atoms with E-state index in [1.165, 1.54) is 0 Å². The van der Waals surface area contributed by atoms with Crippen LogP contribution in [0.25, 0.3) is 10.9 Å². The molecule has 2 rings (SSSR count). The van der Waals surface area contributed by atoms with Gasteiger partial charge in [0.1, 0.15) is 12.1 Å². The largest absolute Gasteiger partial charge is 0.488 e. The van der Waals surface area contributed by atoms with Gasteiger partial charge < -0.3 is 10.1 Å². The maximum Gasteiger partial charge on any atom is 0.164 e. The summed E-state index contributed by atoms with van der Waals surface area (Å²) < 4.78 is 5.83. The molecule has 0 bridgehead atoms. The number of aromatic nitrogens is 1. The van der Waals surface area contributed by atoms with Gasteiger partial charge in [0.05, 0.1) is 10.0 Å². The van der Waals surface area contributed by atoms with Crippen LogP contribution in [0.5, 0.6) is 5.75 Å². The molecule has 0 fully saturated rings. The van der Waals surface area contributed by atoms with Crippen LogP contribution in [0.4, 0.5) is 0 Å². The van der Waals surface area contributed by atoms with Crippen molar-refractivity contribution in [3.8, 4) is 5.75 Å². The second-order valence-electron chi connectivity index (χ2n) is 5.46. The Bertz CT molecular complexity index is 629. The van der Waals surface area contributed by atoms with E-state index < -0.39 is 0 Å².